The van der Waals surface area contributed by atoms with Crippen LogP contribution in [0.4, 0.5) is 0 Å². The highest BCUT2D eigenvalue weighted by molar-refractivity contribution is 5.28. The summed E-state index contributed by atoms with van der Waals surface area (Å²) in [7, 11) is 0. The molecule has 1 aromatic carbocycles. The molecule has 0 amide bonds. The minimum absolute atomic E-state index is 0.110. The normalized spacial score (nSPS) is 15.1. The molecule has 0 spiro atoms. The number of aromatic hydroxyl groups is 1. The summed E-state index contributed by atoms with van der Waals surface area (Å²) in [6.45, 7) is -0.157. The predicted octanol–water partition coefficient (Wildman–Crippen LogP) is 0.135. The van der Waals surface area contributed by atoms with Crippen LogP contribution in [0.5, 0.6) is 5.75 Å². The summed E-state index contributed by atoms with van der Waals surface area (Å²) in [5.41, 5.74) is 6.08. The molecule has 0 heterocycles. The lowest BCUT2D eigenvalue weighted by atomic mass is 10.0. The molecule has 14 heavy (non-hydrogen) atoms. The molecule has 0 saturated heterocycles. The average Bonchev–Trinajstić information content (AvgIpc) is 2.17. The van der Waals surface area contributed by atoms with Crippen molar-refractivity contribution in [3.8, 4) is 5.75 Å². The maximum absolute atomic E-state index is 9.64. The smallest absolute Gasteiger partial charge is 0.115 e. The number of hydrogen-bond acceptors (Lipinski definition) is 4. The molecule has 4 heteroatoms. The Morgan fingerprint density at radius 2 is 2.07 bits per heavy atom. The van der Waals surface area contributed by atoms with E-state index in [1.165, 1.54) is 12.1 Å². The number of aliphatic hydroxyl groups is 2. The molecule has 0 aliphatic carbocycles. The van der Waals surface area contributed by atoms with Crippen molar-refractivity contribution >= 4 is 0 Å². The van der Waals surface area contributed by atoms with Gasteiger partial charge in [0, 0.05) is 6.04 Å². The van der Waals surface area contributed by atoms with E-state index in [1.807, 2.05) is 0 Å². The molecular weight excluding hydrogens is 182 g/mol. The maximum atomic E-state index is 9.64. The van der Waals surface area contributed by atoms with E-state index in [9.17, 15) is 5.11 Å². The van der Waals surface area contributed by atoms with Gasteiger partial charge in [0.05, 0.1) is 12.7 Å². The highest BCUT2D eigenvalue weighted by atomic mass is 16.3. The SMILES string of the molecule is N[C@H](CO)C[C@@H](O)c1cccc(O)c1. The minimum Gasteiger partial charge on any atom is -0.508 e. The van der Waals surface area contributed by atoms with Crippen LogP contribution in [0, 0.1) is 0 Å². The van der Waals surface area contributed by atoms with Crippen LogP contribution in [0.1, 0.15) is 18.1 Å². The van der Waals surface area contributed by atoms with Crippen molar-refractivity contribution in [2.24, 2.45) is 5.73 Å². The number of hydrogen-bond donors (Lipinski definition) is 4. The first-order valence-corrected chi connectivity index (χ1v) is 4.47. The van der Waals surface area contributed by atoms with Crippen LogP contribution >= 0.6 is 0 Å². The number of phenols is 1. The summed E-state index contributed by atoms with van der Waals surface area (Å²) in [6, 6.07) is 5.93. The van der Waals surface area contributed by atoms with Crippen LogP contribution in [-0.2, 0) is 0 Å². The van der Waals surface area contributed by atoms with Gasteiger partial charge in [-0.3, -0.25) is 0 Å². The molecule has 0 aliphatic heterocycles. The molecule has 0 aromatic heterocycles. The monoisotopic (exact) mass is 197 g/mol. The van der Waals surface area contributed by atoms with Crippen molar-refractivity contribution in [1.82, 2.24) is 0 Å². The van der Waals surface area contributed by atoms with Crippen molar-refractivity contribution in [3.63, 3.8) is 0 Å². The number of rotatable bonds is 4. The first-order chi connectivity index (χ1) is 6.63. The third kappa shape index (κ3) is 2.99. The fraction of sp³-hybridized carbons (Fsp3) is 0.400. The van der Waals surface area contributed by atoms with Crippen LogP contribution in [-0.4, -0.2) is 28.0 Å². The summed E-state index contributed by atoms with van der Waals surface area (Å²) in [5.74, 6) is 0.110. The first kappa shape index (κ1) is 11.0. The molecule has 0 saturated carbocycles. The Hall–Kier alpha value is -1.10. The molecule has 1 aromatic rings. The van der Waals surface area contributed by atoms with E-state index in [-0.39, 0.29) is 18.8 Å². The van der Waals surface area contributed by atoms with Crippen molar-refractivity contribution in [1.29, 1.82) is 0 Å². The Labute approximate surface area is 82.6 Å². The summed E-state index contributed by atoms with van der Waals surface area (Å²) in [5, 5.41) is 27.5. The highest BCUT2D eigenvalue weighted by Crippen LogP contribution is 2.21. The number of phenolic OH excluding ortho intramolecular Hbond substituents is 1. The van der Waals surface area contributed by atoms with Crippen molar-refractivity contribution in [2.75, 3.05) is 6.61 Å². The molecule has 0 bridgehead atoms. The van der Waals surface area contributed by atoms with E-state index < -0.39 is 12.1 Å². The number of nitrogens with two attached hydrogens (primary N) is 1. The van der Waals surface area contributed by atoms with Crippen molar-refractivity contribution < 1.29 is 15.3 Å². The summed E-state index contributed by atoms with van der Waals surface area (Å²) < 4.78 is 0. The van der Waals surface area contributed by atoms with Crippen LogP contribution < -0.4 is 5.73 Å². The quantitative estimate of drug-likeness (QED) is 0.553. The van der Waals surface area contributed by atoms with Gasteiger partial charge in [-0.05, 0) is 24.1 Å². The summed E-state index contributed by atoms with van der Waals surface area (Å²) in [6.07, 6.45) is -0.468. The average molecular weight is 197 g/mol. The lowest BCUT2D eigenvalue weighted by molar-refractivity contribution is 0.140. The second-order valence-electron chi connectivity index (χ2n) is 3.29. The summed E-state index contributed by atoms with van der Waals surface area (Å²) in [4.78, 5) is 0. The van der Waals surface area contributed by atoms with E-state index in [0.29, 0.717) is 5.56 Å². The standard InChI is InChI=1S/C10H15NO3/c11-8(6-12)5-10(14)7-2-1-3-9(13)4-7/h1-4,8,10,12-14H,5-6,11H2/t8-,10+/m0/s1. The van der Waals surface area contributed by atoms with Gasteiger partial charge in [0.25, 0.3) is 0 Å². The highest BCUT2D eigenvalue weighted by Gasteiger charge is 2.12. The lowest BCUT2D eigenvalue weighted by Gasteiger charge is -2.14. The molecule has 2 atom stereocenters. The molecule has 0 aliphatic rings. The van der Waals surface area contributed by atoms with Crippen LogP contribution in [0.25, 0.3) is 0 Å². The molecule has 0 radical (unpaired) electrons. The van der Waals surface area contributed by atoms with Crippen LogP contribution in [0.2, 0.25) is 0 Å². The summed E-state index contributed by atoms with van der Waals surface area (Å²) >= 11 is 0. The minimum atomic E-state index is -0.746. The fourth-order valence-electron chi connectivity index (χ4n) is 1.23. The Bertz CT molecular complexity index is 290. The van der Waals surface area contributed by atoms with E-state index in [0.717, 1.165) is 0 Å². The third-order valence-electron chi connectivity index (χ3n) is 2.02. The Balaban J connectivity index is 2.64. The molecule has 78 valence electrons. The topological polar surface area (TPSA) is 86.7 Å². The largest absolute Gasteiger partial charge is 0.508 e. The van der Waals surface area contributed by atoms with Gasteiger partial charge in [-0.1, -0.05) is 12.1 Å². The molecule has 5 N–H and O–H groups in total. The maximum Gasteiger partial charge on any atom is 0.115 e. The molecule has 4 nitrogen and oxygen atoms in total. The lowest BCUT2D eigenvalue weighted by Crippen LogP contribution is -2.26. The van der Waals surface area contributed by atoms with Gasteiger partial charge in [0.1, 0.15) is 5.75 Å². The zero-order valence-electron chi connectivity index (χ0n) is 7.80. The van der Waals surface area contributed by atoms with Gasteiger partial charge in [0.15, 0.2) is 0 Å². The second-order valence-corrected chi connectivity index (χ2v) is 3.29. The fourth-order valence-corrected chi connectivity index (χ4v) is 1.23. The van der Waals surface area contributed by atoms with E-state index in [4.69, 9.17) is 15.9 Å². The molecule has 0 unspecified atom stereocenters. The first-order valence-electron chi connectivity index (χ1n) is 4.47. The molecule has 1 rings (SSSR count). The Morgan fingerprint density at radius 3 is 2.64 bits per heavy atom. The second kappa shape index (κ2) is 4.95. The number of benzene rings is 1. The van der Waals surface area contributed by atoms with Crippen LogP contribution in [0.3, 0.4) is 0 Å². The Kier molecular flexibility index (Phi) is 3.88. The third-order valence-corrected chi connectivity index (χ3v) is 2.02. The van der Waals surface area contributed by atoms with E-state index >= 15 is 0 Å². The number of aliphatic hydroxyl groups excluding tert-OH is 2. The van der Waals surface area contributed by atoms with Gasteiger partial charge >= 0.3 is 0 Å². The van der Waals surface area contributed by atoms with Crippen molar-refractivity contribution in [3.05, 3.63) is 29.8 Å². The van der Waals surface area contributed by atoms with Gasteiger partial charge in [0.2, 0.25) is 0 Å². The van der Waals surface area contributed by atoms with E-state index in [1.54, 1.807) is 12.1 Å². The van der Waals surface area contributed by atoms with Gasteiger partial charge in [-0.25, -0.2) is 0 Å². The van der Waals surface area contributed by atoms with Gasteiger partial charge in [-0.2, -0.15) is 0 Å². The Morgan fingerprint density at radius 1 is 1.36 bits per heavy atom. The predicted molar refractivity (Wildman–Crippen MR) is 52.7 cm³/mol. The van der Waals surface area contributed by atoms with Crippen LogP contribution in [0.15, 0.2) is 24.3 Å². The zero-order chi connectivity index (χ0) is 10.6. The van der Waals surface area contributed by atoms with Gasteiger partial charge in [-0.15, -0.1) is 0 Å². The van der Waals surface area contributed by atoms with E-state index in [2.05, 4.69) is 0 Å². The molecular formula is C10H15NO3. The zero-order valence-corrected chi connectivity index (χ0v) is 7.80. The van der Waals surface area contributed by atoms with Gasteiger partial charge < -0.3 is 21.1 Å². The molecule has 0 fully saturated rings. The van der Waals surface area contributed by atoms with Crippen molar-refractivity contribution in [2.45, 2.75) is 18.6 Å².